The first-order valence-electron chi connectivity index (χ1n) is 5.28. The van der Waals surface area contributed by atoms with Gasteiger partial charge in [0.1, 0.15) is 0 Å². The third kappa shape index (κ3) is 2.27. The number of hydrogen-bond donors (Lipinski definition) is 1. The van der Waals surface area contributed by atoms with Gasteiger partial charge in [-0.1, -0.05) is 6.92 Å². The summed E-state index contributed by atoms with van der Waals surface area (Å²) in [6.45, 7) is 5.48. The molecule has 0 bridgehead atoms. The Bertz CT molecular complexity index is 290. The van der Waals surface area contributed by atoms with Crippen LogP contribution >= 0.6 is 0 Å². The van der Waals surface area contributed by atoms with Crippen molar-refractivity contribution < 1.29 is 8.42 Å². The molecule has 0 radical (unpaired) electrons. The van der Waals surface area contributed by atoms with Gasteiger partial charge < -0.3 is 10.2 Å². The smallest absolute Gasteiger partial charge is 0.153 e. The molecule has 0 aliphatic carbocycles. The van der Waals surface area contributed by atoms with Crippen molar-refractivity contribution in [3.8, 4) is 0 Å². The fourth-order valence-electron chi connectivity index (χ4n) is 2.25. The second kappa shape index (κ2) is 3.79. The summed E-state index contributed by atoms with van der Waals surface area (Å²) in [5.41, 5.74) is 0. The third-order valence-corrected chi connectivity index (χ3v) is 4.92. The van der Waals surface area contributed by atoms with Gasteiger partial charge in [0.15, 0.2) is 9.84 Å². The second-order valence-corrected chi connectivity index (χ2v) is 6.47. The van der Waals surface area contributed by atoms with Crippen LogP contribution in [0.1, 0.15) is 13.3 Å². The molecule has 4 nitrogen and oxygen atoms in total. The van der Waals surface area contributed by atoms with E-state index in [0.717, 1.165) is 26.1 Å². The quantitative estimate of drug-likeness (QED) is 0.692. The molecule has 14 heavy (non-hydrogen) atoms. The van der Waals surface area contributed by atoms with Crippen LogP contribution in [0.3, 0.4) is 0 Å². The largest absolute Gasteiger partial charge is 0.308 e. The van der Waals surface area contributed by atoms with Crippen LogP contribution in [-0.2, 0) is 9.84 Å². The van der Waals surface area contributed by atoms with E-state index in [9.17, 15) is 8.42 Å². The molecule has 1 atom stereocenters. The highest BCUT2D eigenvalue weighted by atomic mass is 32.2. The van der Waals surface area contributed by atoms with Crippen LogP contribution in [-0.4, -0.2) is 56.5 Å². The minimum Gasteiger partial charge on any atom is -0.308 e. The molecule has 2 heterocycles. The number of likely N-dealkylation sites (N-methyl/N-ethyl adjacent to an activating group) is 1. The summed E-state index contributed by atoms with van der Waals surface area (Å²) in [5.74, 6) is 0.686. The molecule has 2 fully saturated rings. The van der Waals surface area contributed by atoms with Crippen LogP contribution in [0.5, 0.6) is 0 Å². The first-order chi connectivity index (χ1) is 6.59. The topological polar surface area (TPSA) is 49.4 Å². The first kappa shape index (κ1) is 10.4. The van der Waals surface area contributed by atoms with Gasteiger partial charge in [0.05, 0.1) is 11.5 Å². The third-order valence-electron chi connectivity index (χ3n) is 3.10. The minimum atomic E-state index is -2.67. The number of rotatable bonds is 3. The van der Waals surface area contributed by atoms with Gasteiger partial charge in [0.2, 0.25) is 0 Å². The molecule has 0 saturated carbocycles. The SMILES string of the molecule is CCN1CCC(NC2CS(=O)(=O)C2)C1. The summed E-state index contributed by atoms with van der Waals surface area (Å²) in [7, 11) is -2.67. The fourth-order valence-corrected chi connectivity index (χ4v) is 3.57. The molecule has 1 unspecified atom stereocenters. The van der Waals surface area contributed by atoms with E-state index >= 15 is 0 Å². The Morgan fingerprint density at radius 2 is 2.07 bits per heavy atom. The molecule has 0 aromatic rings. The molecule has 2 rings (SSSR count). The van der Waals surface area contributed by atoms with Gasteiger partial charge in [-0.2, -0.15) is 0 Å². The lowest BCUT2D eigenvalue weighted by Gasteiger charge is -2.29. The van der Waals surface area contributed by atoms with Crippen LogP contribution in [0.25, 0.3) is 0 Å². The van der Waals surface area contributed by atoms with Gasteiger partial charge in [-0.05, 0) is 19.5 Å². The van der Waals surface area contributed by atoms with E-state index in [1.165, 1.54) is 0 Å². The van der Waals surface area contributed by atoms with E-state index in [0.29, 0.717) is 17.5 Å². The number of nitrogens with one attached hydrogen (secondary N) is 1. The van der Waals surface area contributed by atoms with Crippen LogP contribution in [0.15, 0.2) is 0 Å². The molecule has 2 aliphatic heterocycles. The maximum absolute atomic E-state index is 10.9. The molecular weight excluding hydrogens is 200 g/mol. The van der Waals surface area contributed by atoms with Crippen molar-refractivity contribution in [2.24, 2.45) is 0 Å². The summed E-state index contributed by atoms with van der Waals surface area (Å²) in [6, 6.07) is 0.734. The van der Waals surface area contributed by atoms with E-state index in [4.69, 9.17) is 0 Å². The Labute approximate surface area is 85.6 Å². The number of likely N-dealkylation sites (tertiary alicyclic amines) is 1. The maximum Gasteiger partial charge on any atom is 0.153 e. The van der Waals surface area contributed by atoms with Crippen LogP contribution < -0.4 is 5.32 Å². The summed E-state index contributed by atoms with van der Waals surface area (Å²) in [5, 5.41) is 3.41. The standard InChI is InChI=1S/C9H18N2O2S/c1-2-11-4-3-8(5-11)10-9-6-14(12,13)7-9/h8-10H,2-7H2,1H3. The number of sulfone groups is 1. The Morgan fingerprint density at radius 3 is 2.57 bits per heavy atom. The molecular formula is C9H18N2O2S. The van der Waals surface area contributed by atoms with Crippen LogP contribution in [0, 0.1) is 0 Å². The van der Waals surface area contributed by atoms with Crippen molar-refractivity contribution in [3.05, 3.63) is 0 Å². The fraction of sp³-hybridized carbons (Fsp3) is 1.00. The van der Waals surface area contributed by atoms with Crippen molar-refractivity contribution >= 4 is 9.84 Å². The van der Waals surface area contributed by atoms with Crippen molar-refractivity contribution in [3.63, 3.8) is 0 Å². The Hall–Kier alpha value is -0.130. The normalized spacial score (nSPS) is 33.1. The van der Waals surface area contributed by atoms with Crippen LogP contribution in [0.2, 0.25) is 0 Å². The molecule has 0 amide bonds. The van der Waals surface area contributed by atoms with Gasteiger partial charge in [-0.15, -0.1) is 0 Å². The molecule has 2 saturated heterocycles. The molecule has 5 heteroatoms. The van der Waals surface area contributed by atoms with E-state index in [2.05, 4.69) is 17.1 Å². The summed E-state index contributed by atoms with van der Waals surface area (Å²) in [4.78, 5) is 2.39. The molecule has 1 N–H and O–H groups in total. The minimum absolute atomic E-state index is 0.224. The van der Waals surface area contributed by atoms with E-state index < -0.39 is 9.84 Å². The van der Waals surface area contributed by atoms with Gasteiger partial charge in [0.25, 0.3) is 0 Å². The molecule has 0 spiro atoms. The predicted molar refractivity (Wildman–Crippen MR) is 56.1 cm³/mol. The Kier molecular flexibility index (Phi) is 2.81. The van der Waals surface area contributed by atoms with Gasteiger partial charge in [-0.3, -0.25) is 0 Å². The first-order valence-corrected chi connectivity index (χ1v) is 7.10. The lowest BCUT2D eigenvalue weighted by atomic mass is 10.2. The zero-order chi connectivity index (χ0) is 10.2. The lowest BCUT2D eigenvalue weighted by molar-refractivity contribution is 0.340. The maximum atomic E-state index is 10.9. The van der Waals surface area contributed by atoms with Crippen LogP contribution in [0.4, 0.5) is 0 Å². The Morgan fingerprint density at radius 1 is 1.36 bits per heavy atom. The highest BCUT2D eigenvalue weighted by Crippen LogP contribution is 2.15. The highest BCUT2D eigenvalue weighted by Gasteiger charge is 2.35. The predicted octanol–water partition coefficient (Wildman–Crippen LogP) is -0.533. The van der Waals surface area contributed by atoms with Gasteiger partial charge in [0, 0.05) is 18.6 Å². The summed E-state index contributed by atoms with van der Waals surface area (Å²) in [6.07, 6.45) is 1.16. The molecule has 0 aromatic carbocycles. The monoisotopic (exact) mass is 218 g/mol. The average Bonchev–Trinajstić information content (AvgIpc) is 2.49. The summed E-state index contributed by atoms with van der Waals surface area (Å²) >= 11 is 0. The number of nitrogens with zero attached hydrogens (tertiary/aromatic N) is 1. The zero-order valence-corrected chi connectivity index (χ0v) is 9.39. The van der Waals surface area contributed by atoms with Crippen molar-refractivity contribution in [1.82, 2.24) is 10.2 Å². The van der Waals surface area contributed by atoms with Crippen molar-refractivity contribution in [2.75, 3.05) is 31.1 Å². The lowest BCUT2D eigenvalue weighted by Crippen LogP contribution is -2.54. The second-order valence-electron chi connectivity index (χ2n) is 4.32. The molecule has 82 valence electrons. The van der Waals surface area contributed by atoms with Crippen molar-refractivity contribution in [2.45, 2.75) is 25.4 Å². The Balaban J connectivity index is 1.73. The van der Waals surface area contributed by atoms with E-state index in [-0.39, 0.29) is 6.04 Å². The molecule has 2 aliphatic rings. The zero-order valence-electron chi connectivity index (χ0n) is 8.57. The van der Waals surface area contributed by atoms with E-state index in [1.54, 1.807) is 0 Å². The summed E-state index contributed by atoms with van der Waals surface area (Å²) < 4.78 is 21.9. The molecule has 0 aromatic heterocycles. The highest BCUT2D eigenvalue weighted by molar-refractivity contribution is 7.92. The van der Waals surface area contributed by atoms with Crippen molar-refractivity contribution in [1.29, 1.82) is 0 Å². The number of hydrogen-bond acceptors (Lipinski definition) is 4. The van der Waals surface area contributed by atoms with Gasteiger partial charge in [-0.25, -0.2) is 8.42 Å². The average molecular weight is 218 g/mol. The van der Waals surface area contributed by atoms with Gasteiger partial charge >= 0.3 is 0 Å². The van der Waals surface area contributed by atoms with E-state index in [1.807, 2.05) is 0 Å².